The zero-order chi connectivity index (χ0) is 13.0. The summed E-state index contributed by atoms with van der Waals surface area (Å²) in [7, 11) is 0. The van der Waals surface area contributed by atoms with Crippen LogP contribution in [0, 0.1) is 0 Å². The highest BCUT2D eigenvalue weighted by atomic mass is 16.5. The summed E-state index contributed by atoms with van der Waals surface area (Å²) in [5.74, 6) is 0.554. The van der Waals surface area contributed by atoms with Gasteiger partial charge in [-0.1, -0.05) is 12.1 Å². The molecule has 0 atom stereocenters. The Morgan fingerprint density at radius 2 is 2.22 bits per heavy atom. The Labute approximate surface area is 106 Å². The third-order valence-electron chi connectivity index (χ3n) is 2.52. The molecule has 5 nitrogen and oxygen atoms in total. The summed E-state index contributed by atoms with van der Waals surface area (Å²) in [4.78, 5) is 11.5. The maximum Gasteiger partial charge on any atom is 0.274 e. The normalized spacial score (nSPS) is 16.4. The number of nitrogens with zero attached hydrogens (tertiary/aromatic N) is 1. The predicted octanol–water partition coefficient (Wildman–Crippen LogP) is 1.89. The number of carbonyl (C=O) groups is 1. The fourth-order valence-corrected chi connectivity index (χ4v) is 1.61. The van der Waals surface area contributed by atoms with Crippen molar-refractivity contribution in [2.75, 3.05) is 11.9 Å². The quantitative estimate of drug-likeness (QED) is 0.796. The van der Waals surface area contributed by atoms with E-state index in [0.29, 0.717) is 17.9 Å². The van der Waals surface area contributed by atoms with E-state index < -0.39 is 0 Å². The molecule has 0 spiro atoms. The first kappa shape index (κ1) is 12.2. The Hall–Kier alpha value is -2.30. The molecule has 0 aromatic heterocycles. The Bertz CT molecular complexity index is 521. The molecule has 1 aromatic rings. The van der Waals surface area contributed by atoms with Crippen LogP contribution >= 0.6 is 0 Å². The molecule has 1 aliphatic heterocycles. The second-order valence-electron chi connectivity index (χ2n) is 3.77. The van der Waals surface area contributed by atoms with Crippen LogP contribution in [-0.2, 0) is 4.79 Å². The van der Waals surface area contributed by atoms with E-state index in [0.717, 1.165) is 11.4 Å². The molecule has 0 saturated heterocycles. The lowest BCUT2D eigenvalue weighted by Crippen LogP contribution is -2.13. The SMILES string of the molecule is CCOc1ccccc1N/C=C1/C(=O)NN=C1C. The molecule has 0 radical (unpaired) electrons. The van der Waals surface area contributed by atoms with E-state index in [2.05, 4.69) is 15.8 Å². The maximum absolute atomic E-state index is 11.5. The van der Waals surface area contributed by atoms with Gasteiger partial charge in [-0.3, -0.25) is 4.79 Å². The largest absolute Gasteiger partial charge is 0.492 e. The maximum atomic E-state index is 11.5. The second-order valence-corrected chi connectivity index (χ2v) is 3.77. The number of carbonyl (C=O) groups excluding carboxylic acids is 1. The van der Waals surface area contributed by atoms with Gasteiger partial charge in [0.05, 0.1) is 23.6 Å². The molecule has 1 aromatic carbocycles. The van der Waals surface area contributed by atoms with Gasteiger partial charge < -0.3 is 10.1 Å². The number of hydrogen-bond donors (Lipinski definition) is 2. The number of benzene rings is 1. The Morgan fingerprint density at radius 1 is 1.44 bits per heavy atom. The van der Waals surface area contributed by atoms with Gasteiger partial charge in [0, 0.05) is 6.20 Å². The molecule has 0 fully saturated rings. The van der Waals surface area contributed by atoms with Crippen molar-refractivity contribution in [3.05, 3.63) is 36.0 Å². The molecule has 0 saturated carbocycles. The monoisotopic (exact) mass is 245 g/mol. The molecule has 0 aliphatic carbocycles. The van der Waals surface area contributed by atoms with Crippen molar-refractivity contribution < 1.29 is 9.53 Å². The zero-order valence-electron chi connectivity index (χ0n) is 10.4. The van der Waals surface area contributed by atoms with Gasteiger partial charge in [0.15, 0.2) is 0 Å². The summed E-state index contributed by atoms with van der Waals surface area (Å²) in [5, 5.41) is 6.92. The van der Waals surface area contributed by atoms with Crippen LogP contribution in [0.2, 0.25) is 0 Å². The van der Waals surface area contributed by atoms with E-state index >= 15 is 0 Å². The third-order valence-corrected chi connectivity index (χ3v) is 2.52. The van der Waals surface area contributed by atoms with Crippen molar-refractivity contribution in [2.24, 2.45) is 5.10 Å². The Balaban J connectivity index is 2.17. The molecule has 2 rings (SSSR count). The van der Waals surface area contributed by atoms with Crippen molar-refractivity contribution in [3.8, 4) is 5.75 Å². The first-order chi connectivity index (χ1) is 8.72. The predicted molar refractivity (Wildman–Crippen MR) is 70.6 cm³/mol. The van der Waals surface area contributed by atoms with E-state index in [1.165, 1.54) is 0 Å². The number of para-hydroxylation sites is 2. The van der Waals surface area contributed by atoms with Gasteiger partial charge >= 0.3 is 0 Å². The van der Waals surface area contributed by atoms with Gasteiger partial charge in [0.25, 0.3) is 5.91 Å². The molecule has 1 amide bonds. The average Bonchev–Trinajstić information content (AvgIpc) is 2.69. The van der Waals surface area contributed by atoms with Crippen molar-refractivity contribution in [1.29, 1.82) is 0 Å². The van der Waals surface area contributed by atoms with Gasteiger partial charge in [-0.15, -0.1) is 0 Å². The van der Waals surface area contributed by atoms with Gasteiger partial charge in [0.1, 0.15) is 5.75 Å². The molecule has 2 N–H and O–H groups in total. The lowest BCUT2D eigenvalue weighted by atomic mass is 10.2. The smallest absolute Gasteiger partial charge is 0.274 e. The van der Waals surface area contributed by atoms with Gasteiger partial charge in [-0.25, -0.2) is 5.43 Å². The number of amides is 1. The average molecular weight is 245 g/mol. The van der Waals surface area contributed by atoms with Crippen molar-refractivity contribution in [1.82, 2.24) is 5.43 Å². The van der Waals surface area contributed by atoms with E-state index in [9.17, 15) is 4.79 Å². The van der Waals surface area contributed by atoms with Crippen LogP contribution in [0.3, 0.4) is 0 Å². The minimum atomic E-state index is -0.200. The van der Waals surface area contributed by atoms with E-state index in [-0.39, 0.29) is 5.91 Å². The van der Waals surface area contributed by atoms with Crippen molar-refractivity contribution in [3.63, 3.8) is 0 Å². The van der Waals surface area contributed by atoms with Crippen molar-refractivity contribution in [2.45, 2.75) is 13.8 Å². The van der Waals surface area contributed by atoms with Crippen LogP contribution in [0.5, 0.6) is 5.75 Å². The van der Waals surface area contributed by atoms with E-state index in [1.54, 1.807) is 13.1 Å². The highest BCUT2D eigenvalue weighted by Crippen LogP contribution is 2.24. The number of hydrazone groups is 1. The van der Waals surface area contributed by atoms with Gasteiger partial charge in [0.2, 0.25) is 0 Å². The Morgan fingerprint density at radius 3 is 2.89 bits per heavy atom. The molecular formula is C13H15N3O2. The molecule has 1 aliphatic rings. The number of hydrogen-bond acceptors (Lipinski definition) is 4. The number of rotatable bonds is 4. The number of anilines is 1. The fraction of sp³-hybridized carbons (Fsp3) is 0.231. The molecule has 1 heterocycles. The summed E-state index contributed by atoms with van der Waals surface area (Å²) in [6.45, 7) is 4.30. The zero-order valence-corrected chi connectivity index (χ0v) is 10.4. The molecule has 0 bridgehead atoms. The van der Waals surface area contributed by atoms with Crippen LogP contribution in [0.25, 0.3) is 0 Å². The van der Waals surface area contributed by atoms with Crippen LogP contribution in [-0.4, -0.2) is 18.2 Å². The van der Waals surface area contributed by atoms with Crippen LogP contribution in [0.4, 0.5) is 5.69 Å². The summed E-state index contributed by atoms with van der Waals surface area (Å²) >= 11 is 0. The van der Waals surface area contributed by atoms with E-state index in [4.69, 9.17) is 4.74 Å². The summed E-state index contributed by atoms with van der Waals surface area (Å²) < 4.78 is 5.48. The van der Waals surface area contributed by atoms with Crippen LogP contribution in [0.15, 0.2) is 41.1 Å². The second kappa shape index (κ2) is 5.35. The summed E-state index contributed by atoms with van der Waals surface area (Å²) in [5.41, 5.74) is 4.42. The highest BCUT2D eigenvalue weighted by molar-refractivity contribution is 6.24. The van der Waals surface area contributed by atoms with Crippen molar-refractivity contribution >= 4 is 17.3 Å². The lowest BCUT2D eigenvalue weighted by Gasteiger charge is -2.09. The molecule has 0 unspecified atom stereocenters. The summed E-state index contributed by atoms with van der Waals surface area (Å²) in [6.07, 6.45) is 1.64. The topological polar surface area (TPSA) is 62.7 Å². The molecule has 5 heteroatoms. The minimum absolute atomic E-state index is 0.200. The van der Waals surface area contributed by atoms with Gasteiger partial charge in [-0.05, 0) is 26.0 Å². The minimum Gasteiger partial charge on any atom is -0.492 e. The van der Waals surface area contributed by atoms with E-state index in [1.807, 2.05) is 31.2 Å². The number of nitrogens with one attached hydrogen (secondary N) is 2. The highest BCUT2D eigenvalue weighted by Gasteiger charge is 2.18. The Kier molecular flexibility index (Phi) is 3.62. The van der Waals surface area contributed by atoms with Crippen LogP contribution < -0.4 is 15.5 Å². The summed E-state index contributed by atoms with van der Waals surface area (Å²) in [6, 6.07) is 7.57. The molecular weight excluding hydrogens is 230 g/mol. The lowest BCUT2D eigenvalue weighted by molar-refractivity contribution is -0.116. The van der Waals surface area contributed by atoms with Crippen LogP contribution in [0.1, 0.15) is 13.8 Å². The number of ether oxygens (including phenoxy) is 1. The molecule has 18 heavy (non-hydrogen) atoms. The fourth-order valence-electron chi connectivity index (χ4n) is 1.61. The first-order valence-electron chi connectivity index (χ1n) is 5.76. The molecule has 94 valence electrons. The van der Waals surface area contributed by atoms with Gasteiger partial charge in [-0.2, -0.15) is 5.10 Å². The third kappa shape index (κ3) is 2.51. The first-order valence-corrected chi connectivity index (χ1v) is 5.76. The standard InChI is InChI=1S/C13H15N3O2/c1-3-18-12-7-5-4-6-11(12)14-8-10-9(2)15-16-13(10)17/h4-8,14H,3H2,1-2H3,(H,16,17)/b10-8+.